The Kier molecular flexibility index (Phi) is 5.45. The maximum atomic E-state index is 13.0. The largest absolute Gasteiger partial charge is 0.368 e. The number of carbonyl (C=O) groups is 1. The van der Waals surface area contributed by atoms with Crippen LogP contribution >= 0.6 is 0 Å². The molecule has 134 valence electrons. The highest BCUT2D eigenvalue weighted by molar-refractivity contribution is 5.85. The van der Waals surface area contributed by atoms with Gasteiger partial charge in [-0.15, -0.1) is 0 Å². The minimum absolute atomic E-state index is 0.0607. The molecular weight excluding hydrogens is 323 g/mol. The quantitative estimate of drug-likeness (QED) is 0.831. The average molecular weight is 346 g/mol. The molecule has 1 aliphatic rings. The monoisotopic (exact) mass is 346 g/mol. The van der Waals surface area contributed by atoms with E-state index in [0.717, 1.165) is 24.5 Å². The predicted octanol–water partition coefficient (Wildman–Crippen LogP) is 1.44. The Bertz CT molecular complexity index is 708. The summed E-state index contributed by atoms with van der Waals surface area (Å²) in [5.74, 6) is -0.335. The highest BCUT2D eigenvalue weighted by Crippen LogP contribution is 2.22. The van der Waals surface area contributed by atoms with Gasteiger partial charge in [0.1, 0.15) is 11.4 Å². The van der Waals surface area contributed by atoms with Gasteiger partial charge >= 0.3 is 0 Å². The van der Waals surface area contributed by atoms with Gasteiger partial charge in [-0.25, -0.2) is 9.07 Å². The van der Waals surface area contributed by atoms with Crippen molar-refractivity contribution in [2.75, 3.05) is 26.7 Å². The van der Waals surface area contributed by atoms with Gasteiger partial charge in [0.05, 0.1) is 11.4 Å². The summed E-state index contributed by atoms with van der Waals surface area (Å²) in [5, 5.41) is 10.7. The molecule has 0 spiro atoms. The van der Waals surface area contributed by atoms with Gasteiger partial charge in [-0.3, -0.25) is 4.79 Å². The number of carbonyl (C=O) groups excluding carboxylic acids is 1. The Morgan fingerprint density at radius 3 is 2.72 bits per heavy atom. The van der Waals surface area contributed by atoms with Crippen LogP contribution in [0.3, 0.4) is 0 Å². The maximum Gasteiger partial charge on any atom is 0.252 e. The van der Waals surface area contributed by atoms with Crippen LogP contribution in [0.25, 0.3) is 5.69 Å². The van der Waals surface area contributed by atoms with Crippen LogP contribution in [-0.4, -0.2) is 48.0 Å². The van der Waals surface area contributed by atoms with E-state index in [1.54, 1.807) is 23.9 Å². The number of aromatic nitrogens is 2. The first-order chi connectivity index (χ1) is 12.1. The molecule has 25 heavy (non-hydrogen) atoms. The second-order valence-corrected chi connectivity index (χ2v) is 6.18. The number of piperidine rings is 1. The van der Waals surface area contributed by atoms with Gasteiger partial charge in [0.15, 0.2) is 0 Å². The number of halogens is 1. The van der Waals surface area contributed by atoms with E-state index in [1.807, 2.05) is 12.3 Å². The average Bonchev–Trinajstić information content (AvgIpc) is 3.11. The SMILES string of the molecule is COC1(C(=O)NCCc2ccn(-c3ccc(F)cc3)n2)CCNCC1. The van der Waals surface area contributed by atoms with Crippen LogP contribution in [-0.2, 0) is 16.0 Å². The van der Waals surface area contributed by atoms with Gasteiger partial charge in [0.25, 0.3) is 5.91 Å². The second-order valence-electron chi connectivity index (χ2n) is 6.18. The Morgan fingerprint density at radius 2 is 2.04 bits per heavy atom. The van der Waals surface area contributed by atoms with Gasteiger partial charge in [-0.05, 0) is 56.3 Å². The van der Waals surface area contributed by atoms with E-state index in [2.05, 4.69) is 15.7 Å². The van der Waals surface area contributed by atoms with Crippen LogP contribution in [0.15, 0.2) is 36.5 Å². The molecule has 6 nitrogen and oxygen atoms in total. The minimum Gasteiger partial charge on any atom is -0.368 e. The normalized spacial score (nSPS) is 16.6. The van der Waals surface area contributed by atoms with Gasteiger partial charge in [-0.1, -0.05) is 0 Å². The molecule has 0 unspecified atom stereocenters. The predicted molar refractivity (Wildman–Crippen MR) is 92.1 cm³/mol. The van der Waals surface area contributed by atoms with Gasteiger partial charge in [-0.2, -0.15) is 5.10 Å². The highest BCUT2D eigenvalue weighted by Gasteiger charge is 2.39. The Labute approximate surface area is 146 Å². The zero-order chi connectivity index (χ0) is 17.7. The topological polar surface area (TPSA) is 68.2 Å². The number of hydrogen-bond donors (Lipinski definition) is 2. The molecule has 0 saturated carbocycles. The number of nitrogens with zero attached hydrogens (tertiary/aromatic N) is 2. The molecule has 7 heteroatoms. The number of rotatable bonds is 6. The first kappa shape index (κ1) is 17.6. The fourth-order valence-electron chi connectivity index (χ4n) is 3.05. The van der Waals surface area contributed by atoms with E-state index in [1.165, 1.54) is 12.1 Å². The fourth-order valence-corrected chi connectivity index (χ4v) is 3.05. The summed E-state index contributed by atoms with van der Waals surface area (Å²) >= 11 is 0. The van der Waals surface area contributed by atoms with Gasteiger partial charge in [0, 0.05) is 26.3 Å². The minimum atomic E-state index is -0.723. The number of nitrogens with one attached hydrogen (secondary N) is 2. The van der Waals surface area contributed by atoms with E-state index in [4.69, 9.17) is 4.74 Å². The number of methoxy groups -OCH3 is 1. The molecule has 0 bridgehead atoms. The molecule has 0 aliphatic carbocycles. The van der Waals surface area contributed by atoms with Crippen LogP contribution in [0.1, 0.15) is 18.5 Å². The van der Waals surface area contributed by atoms with Crippen molar-refractivity contribution in [2.45, 2.75) is 24.9 Å². The number of benzene rings is 1. The maximum absolute atomic E-state index is 13.0. The van der Waals surface area contributed by atoms with Crippen molar-refractivity contribution in [2.24, 2.45) is 0 Å². The number of amides is 1. The Morgan fingerprint density at radius 1 is 1.32 bits per heavy atom. The van der Waals surface area contributed by atoms with Crippen LogP contribution in [0.2, 0.25) is 0 Å². The molecule has 2 N–H and O–H groups in total. The second kappa shape index (κ2) is 7.76. The smallest absolute Gasteiger partial charge is 0.252 e. The molecule has 1 fully saturated rings. The van der Waals surface area contributed by atoms with E-state index in [0.29, 0.717) is 25.8 Å². The first-order valence-corrected chi connectivity index (χ1v) is 8.48. The lowest BCUT2D eigenvalue weighted by atomic mass is 9.91. The molecule has 1 aliphatic heterocycles. The zero-order valence-corrected chi connectivity index (χ0v) is 14.3. The van der Waals surface area contributed by atoms with Gasteiger partial charge < -0.3 is 15.4 Å². The van der Waals surface area contributed by atoms with Crippen LogP contribution in [0, 0.1) is 5.82 Å². The van der Waals surface area contributed by atoms with Crippen LogP contribution in [0.5, 0.6) is 0 Å². The van der Waals surface area contributed by atoms with E-state index in [-0.39, 0.29) is 11.7 Å². The Hall–Kier alpha value is -2.25. The third-order valence-electron chi connectivity index (χ3n) is 4.62. The van der Waals surface area contributed by atoms with Crippen molar-refractivity contribution in [3.63, 3.8) is 0 Å². The summed E-state index contributed by atoms with van der Waals surface area (Å²) in [6, 6.07) is 8.05. The Balaban J connectivity index is 1.54. The van der Waals surface area contributed by atoms with Crippen molar-refractivity contribution in [1.29, 1.82) is 0 Å². The van der Waals surface area contributed by atoms with E-state index >= 15 is 0 Å². The van der Waals surface area contributed by atoms with Crippen molar-refractivity contribution in [1.82, 2.24) is 20.4 Å². The lowest BCUT2D eigenvalue weighted by Gasteiger charge is -2.34. The summed E-state index contributed by atoms with van der Waals surface area (Å²) in [4.78, 5) is 12.5. The van der Waals surface area contributed by atoms with Crippen LogP contribution in [0.4, 0.5) is 4.39 Å². The zero-order valence-electron chi connectivity index (χ0n) is 14.3. The molecular formula is C18H23FN4O2. The van der Waals surface area contributed by atoms with Crippen molar-refractivity contribution >= 4 is 5.91 Å². The molecule has 1 saturated heterocycles. The van der Waals surface area contributed by atoms with E-state index < -0.39 is 5.60 Å². The standard InChI is InChI=1S/C18H23FN4O2/c1-25-18(8-11-20-12-9-18)17(24)21-10-6-15-7-13-23(22-15)16-4-2-14(19)3-5-16/h2-5,7,13,20H,6,8-12H2,1H3,(H,21,24). The molecule has 3 rings (SSSR count). The summed E-state index contributed by atoms with van der Waals surface area (Å²) in [6.07, 6.45) is 3.80. The van der Waals surface area contributed by atoms with Crippen molar-refractivity contribution < 1.29 is 13.9 Å². The number of hydrogen-bond acceptors (Lipinski definition) is 4. The fraction of sp³-hybridized carbons (Fsp3) is 0.444. The third kappa shape index (κ3) is 4.05. The molecule has 2 heterocycles. The summed E-state index contributed by atoms with van der Waals surface area (Å²) in [5.41, 5.74) is 0.935. The molecule has 1 aromatic carbocycles. The summed E-state index contributed by atoms with van der Waals surface area (Å²) < 4.78 is 20.2. The highest BCUT2D eigenvalue weighted by atomic mass is 19.1. The lowest BCUT2D eigenvalue weighted by Crippen LogP contribution is -2.54. The lowest BCUT2D eigenvalue weighted by molar-refractivity contribution is -0.146. The summed E-state index contributed by atoms with van der Waals surface area (Å²) in [7, 11) is 1.59. The molecule has 1 aromatic heterocycles. The van der Waals surface area contributed by atoms with Crippen LogP contribution < -0.4 is 10.6 Å². The third-order valence-corrected chi connectivity index (χ3v) is 4.62. The molecule has 2 aromatic rings. The molecule has 1 amide bonds. The van der Waals surface area contributed by atoms with Crippen molar-refractivity contribution in [3.8, 4) is 5.69 Å². The summed E-state index contributed by atoms with van der Waals surface area (Å²) in [6.45, 7) is 2.06. The van der Waals surface area contributed by atoms with Crippen molar-refractivity contribution in [3.05, 3.63) is 48.0 Å². The molecule has 0 radical (unpaired) electrons. The molecule has 0 atom stereocenters. The van der Waals surface area contributed by atoms with E-state index in [9.17, 15) is 9.18 Å². The number of ether oxygens (including phenoxy) is 1. The van der Waals surface area contributed by atoms with Gasteiger partial charge in [0.2, 0.25) is 0 Å². The first-order valence-electron chi connectivity index (χ1n) is 8.48.